The van der Waals surface area contributed by atoms with Crippen LogP contribution in [0.3, 0.4) is 0 Å². The highest BCUT2D eigenvalue weighted by Gasteiger charge is 2.27. The number of anilines is 2. The maximum Gasteiger partial charge on any atom is 0.270 e. The van der Waals surface area contributed by atoms with E-state index in [1.54, 1.807) is 48.5 Å². The summed E-state index contributed by atoms with van der Waals surface area (Å²) in [5.41, 5.74) is 6.42. The second-order valence-electron chi connectivity index (χ2n) is 7.99. The number of nitrogens with two attached hydrogens (primary N) is 1. The summed E-state index contributed by atoms with van der Waals surface area (Å²) in [4.78, 5) is 10.3. The Labute approximate surface area is 180 Å². The number of nitrogen functional groups attached to an aromatic ring is 1. The van der Waals surface area contributed by atoms with E-state index in [9.17, 15) is 13.6 Å². The summed E-state index contributed by atoms with van der Waals surface area (Å²) >= 11 is 0. The van der Waals surface area contributed by atoms with Gasteiger partial charge in [0.25, 0.3) is 5.92 Å². The Morgan fingerprint density at radius 2 is 1.74 bits per heavy atom. The lowest BCUT2D eigenvalue weighted by atomic mass is 9.93. The summed E-state index contributed by atoms with van der Waals surface area (Å²) in [6.07, 6.45) is 0.579. The number of nitrogens with one attached hydrogen (secondary N) is 1. The third-order valence-corrected chi connectivity index (χ3v) is 4.23. The number of benzene rings is 2. The fourth-order valence-electron chi connectivity index (χ4n) is 2.59. The predicted molar refractivity (Wildman–Crippen MR) is 116 cm³/mol. The highest BCUT2D eigenvalue weighted by molar-refractivity contribution is 5.71. The molecule has 8 heteroatoms. The average molecular weight is 431 g/mol. The zero-order valence-electron chi connectivity index (χ0n) is 18.0. The number of nitrogens with zero attached hydrogens (tertiary/aromatic N) is 1. The SMILES string of the molecule is CC(C)(C)c1cc(N)no1.CC(F)(F)c1ccccc1COc1ccc(NC=O)cc1. The maximum atomic E-state index is 13.5. The summed E-state index contributed by atoms with van der Waals surface area (Å²) < 4.78 is 37.4. The molecular weight excluding hydrogens is 404 g/mol. The van der Waals surface area contributed by atoms with E-state index in [1.807, 2.05) is 20.8 Å². The number of aromatic nitrogens is 1. The molecule has 0 aliphatic rings. The molecule has 0 fully saturated rings. The number of rotatable bonds is 6. The quantitative estimate of drug-likeness (QED) is 0.503. The van der Waals surface area contributed by atoms with Gasteiger partial charge < -0.3 is 20.3 Å². The van der Waals surface area contributed by atoms with Gasteiger partial charge in [0, 0.05) is 29.7 Å². The lowest BCUT2D eigenvalue weighted by Gasteiger charge is -2.16. The fraction of sp³-hybridized carbons (Fsp3) is 0.304. The van der Waals surface area contributed by atoms with E-state index < -0.39 is 5.92 Å². The number of amides is 1. The Kier molecular flexibility index (Phi) is 7.74. The molecule has 2 aromatic carbocycles. The first kappa shape index (κ1) is 23.9. The number of hydrogen-bond donors (Lipinski definition) is 2. The summed E-state index contributed by atoms with van der Waals surface area (Å²) in [5, 5.41) is 6.09. The second kappa shape index (κ2) is 10.1. The Bertz CT molecular complexity index is 975. The highest BCUT2D eigenvalue weighted by atomic mass is 19.3. The molecule has 0 aliphatic heterocycles. The number of alkyl halides is 2. The van der Waals surface area contributed by atoms with Crippen molar-refractivity contribution in [3.63, 3.8) is 0 Å². The Morgan fingerprint density at radius 1 is 1.10 bits per heavy atom. The molecule has 0 aliphatic carbocycles. The average Bonchev–Trinajstić information content (AvgIpc) is 3.15. The number of carbonyl (C=O) groups is 1. The Balaban J connectivity index is 0.000000285. The molecule has 0 unspecified atom stereocenters. The lowest BCUT2D eigenvalue weighted by Crippen LogP contribution is -2.12. The molecule has 1 amide bonds. The number of hydrogen-bond acceptors (Lipinski definition) is 5. The minimum atomic E-state index is -2.91. The van der Waals surface area contributed by atoms with Crippen LogP contribution in [0.4, 0.5) is 20.3 Å². The van der Waals surface area contributed by atoms with Gasteiger partial charge in [0.05, 0.1) is 0 Å². The van der Waals surface area contributed by atoms with Crippen LogP contribution >= 0.6 is 0 Å². The zero-order valence-corrected chi connectivity index (χ0v) is 18.0. The van der Waals surface area contributed by atoms with E-state index in [0.717, 1.165) is 12.7 Å². The number of ether oxygens (including phenoxy) is 1. The minimum absolute atomic E-state index is 0.00458. The third kappa shape index (κ3) is 7.40. The van der Waals surface area contributed by atoms with Gasteiger partial charge in [0.2, 0.25) is 6.41 Å². The van der Waals surface area contributed by atoms with Gasteiger partial charge in [-0.3, -0.25) is 4.79 Å². The summed E-state index contributed by atoms with van der Waals surface area (Å²) in [6, 6.07) is 14.7. The van der Waals surface area contributed by atoms with Gasteiger partial charge in [-0.25, -0.2) is 8.78 Å². The molecular formula is C23H27F2N3O3. The van der Waals surface area contributed by atoms with Crippen LogP contribution in [0.25, 0.3) is 0 Å². The van der Waals surface area contributed by atoms with E-state index in [1.165, 1.54) is 6.07 Å². The monoisotopic (exact) mass is 431 g/mol. The van der Waals surface area contributed by atoms with E-state index >= 15 is 0 Å². The van der Waals surface area contributed by atoms with Crippen LogP contribution < -0.4 is 15.8 Å². The van der Waals surface area contributed by atoms with E-state index in [0.29, 0.717) is 29.2 Å². The summed E-state index contributed by atoms with van der Waals surface area (Å²) in [7, 11) is 0. The molecule has 0 bridgehead atoms. The van der Waals surface area contributed by atoms with Gasteiger partial charge in [-0.15, -0.1) is 0 Å². The third-order valence-electron chi connectivity index (χ3n) is 4.23. The van der Waals surface area contributed by atoms with Gasteiger partial charge in [-0.1, -0.05) is 50.2 Å². The summed E-state index contributed by atoms with van der Waals surface area (Å²) in [5.74, 6) is -1.09. The standard InChI is InChI=1S/C16H15F2NO2.C7H12N2O/c1-16(17,18)15-5-3-2-4-12(15)10-21-14-8-6-13(7-9-14)19-11-20;1-7(2,3)5-4-6(8)9-10-5/h2-9,11H,10H2,1H3,(H,19,20);4H,1-3H3,(H2,8,9). The largest absolute Gasteiger partial charge is 0.489 e. The molecule has 6 nitrogen and oxygen atoms in total. The van der Waals surface area contributed by atoms with Gasteiger partial charge >= 0.3 is 0 Å². The van der Waals surface area contributed by atoms with Crippen molar-refractivity contribution in [2.24, 2.45) is 0 Å². The van der Waals surface area contributed by atoms with Crippen LogP contribution in [0.2, 0.25) is 0 Å². The molecule has 0 atom stereocenters. The van der Waals surface area contributed by atoms with Crippen LogP contribution in [0.15, 0.2) is 59.1 Å². The van der Waals surface area contributed by atoms with Crippen LogP contribution in [0.1, 0.15) is 44.6 Å². The second-order valence-corrected chi connectivity index (χ2v) is 7.99. The fourth-order valence-corrected chi connectivity index (χ4v) is 2.59. The number of halogens is 2. The summed E-state index contributed by atoms with van der Waals surface area (Å²) in [6.45, 7) is 7.07. The van der Waals surface area contributed by atoms with Crippen molar-refractivity contribution in [2.75, 3.05) is 11.1 Å². The first-order valence-corrected chi connectivity index (χ1v) is 9.62. The molecule has 1 heterocycles. The van der Waals surface area contributed by atoms with E-state index in [-0.39, 0.29) is 17.6 Å². The Morgan fingerprint density at radius 3 is 2.23 bits per heavy atom. The van der Waals surface area contributed by atoms with Crippen molar-refractivity contribution in [2.45, 2.75) is 45.6 Å². The molecule has 0 radical (unpaired) electrons. The smallest absolute Gasteiger partial charge is 0.270 e. The molecule has 1 aromatic heterocycles. The van der Waals surface area contributed by atoms with Gasteiger partial charge in [-0.2, -0.15) is 0 Å². The highest BCUT2D eigenvalue weighted by Crippen LogP contribution is 2.30. The first-order chi connectivity index (χ1) is 14.5. The van der Waals surface area contributed by atoms with Crippen molar-refractivity contribution in [3.05, 3.63) is 71.5 Å². The first-order valence-electron chi connectivity index (χ1n) is 9.62. The molecule has 31 heavy (non-hydrogen) atoms. The molecule has 166 valence electrons. The van der Waals surface area contributed by atoms with Crippen molar-refractivity contribution in [1.82, 2.24) is 5.16 Å². The minimum Gasteiger partial charge on any atom is -0.489 e. The molecule has 0 saturated heterocycles. The molecule has 0 saturated carbocycles. The lowest BCUT2D eigenvalue weighted by molar-refractivity contribution is -0.105. The predicted octanol–water partition coefficient (Wildman–Crippen LogP) is 5.50. The molecule has 0 spiro atoms. The topological polar surface area (TPSA) is 90.4 Å². The van der Waals surface area contributed by atoms with Crippen molar-refractivity contribution < 1.29 is 22.8 Å². The van der Waals surface area contributed by atoms with Crippen molar-refractivity contribution in [1.29, 1.82) is 0 Å². The van der Waals surface area contributed by atoms with Crippen LogP contribution in [0.5, 0.6) is 5.75 Å². The molecule has 3 aromatic rings. The Hall–Kier alpha value is -3.42. The zero-order chi connectivity index (χ0) is 23.1. The van der Waals surface area contributed by atoms with Crippen LogP contribution in [-0.4, -0.2) is 11.6 Å². The van der Waals surface area contributed by atoms with E-state index in [2.05, 4.69) is 10.5 Å². The van der Waals surface area contributed by atoms with Gasteiger partial charge in [0.15, 0.2) is 5.82 Å². The molecule has 3 N–H and O–H groups in total. The normalized spacial score (nSPS) is 11.3. The van der Waals surface area contributed by atoms with E-state index in [4.69, 9.17) is 15.0 Å². The van der Waals surface area contributed by atoms with Gasteiger partial charge in [-0.05, 0) is 29.8 Å². The molecule has 3 rings (SSSR count). The van der Waals surface area contributed by atoms with Crippen LogP contribution in [-0.2, 0) is 22.7 Å². The van der Waals surface area contributed by atoms with Crippen molar-refractivity contribution >= 4 is 17.9 Å². The number of carbonyl (C=O) groups excluding carboxylic acids is 1. The van der Waals surface area contributed by atoms with Gasteiger partial charge in [0.1, 0.15) is 18.1 Å². The maximum absolute atomic E-state index is 13.5. The van der Waals surface area contributed by atoms with Crippen molar-refractivity contribution in [3.8, 4) is 5.75 Å². The van der Waals surface area contributed by atoms with Crippen LogP contribution in [0, 0.1) is 0 Å².